The predicted molar refractivity (Wildman–Crippen MR) is 83.9 cm³/mol. The summed E-state index contributed by atoms with van der Waals surface area (Å²) in [6.07, 6.45) is 4.39. The summed E-state index contributed by atoms with van der Waals surface area (Å²) < 4.78 is 7.17. The third-order valence-corrected chi connectivity index (χ3v) is 3.85. The number of ether oxygens (including phenoxy) is 1. The molecule has 1 saturated heterocycles. The van der Waals surface area contributed by atoms with Crippen molar-refractivity contribution in [1.29, 1.82) is 0 Å². The quantitative estimate of drug-likeness (QED) is 0.856. The molecule has 0 radical (unpaired) electrons. The highest BCUT2D eigenvalue weighted by Gasteiger charge is 2.31. The van der Waals surface area contributed by atoms with Crippen LogP contribution in [0.2, 0.25) is 0 Å². The normalized spacial score (nSPS) is 20.9. The monoisotopic (exact) mass is 316 g/mol. The maximum Gasteiger partial charge on any atom is 0.220 e. The lowest BCUT2D eigenvalue weighted by molar-refractivity contribution is -0.123. The molecule has 3 heterocycles. The van der Waals surface area contributed by atoms with Crippen molar-refractivity contribution >= 4 is 11.7 Å². The van der Waals surface area contributed by atoms with E-state index in [1.807, 2.05) is 20.0 Å². The first-order valence-electron chi connectivity index (χ1n) is 7.66. The van der Waals surface area contributed by atoms with E-state index in [0.717, 1.165) is 12.1 Å². The second kappa shape index (κ2) is 6.64. The fourth-order valence-electron chi connectivity index (χ4n) is 2.76. The van der Waals surface area contributed by atoms with E-state index in [1.54, 1.807) is 16.9 Å². The summed E-state index contributed by atoms with van der Waals surface area (Å²) in [4.78, 5) is 20.1. The standard InChI is InChI=1S/C15H20N6O2/c1-3-23-14-8-12(16-9-17-14)19-10-4-5-13(22)20-15(10)11-6-7-18-21(11)2/h6-10,15H,3-5H2,1-2H3,(H,20,22)(H,16,17,19)/t10-,15-/m1/s1. The van der Waals surface area contributed by atoms with Crippen LogP contribution in [0.15, 0.2) is 24.7 Å². The lowest BCUT2D eigenvalue weighted by atomic mass is 9.95. The van der Waals surface area contributed by atoms with Gasteiger partial charge in [0.15, 0.2) is 0 Å². The summed E-state index contributed by atoms with van der Waals surface area (Å²) in [6, 6.07) is 3.54. The van der Waals surface area contributed by atoms with Crippen LogP contribution >= 0.6 is 0 Å². The van der Waals surface area contributed by atoms with Crippen LogP contribution in [-0.4, -0.2) is 38.3 Å². The first-order valence-corrected chi connectivity index (χ1v) is 7.66. The number of carbonyl (C=O) groups is 1. The molecule has 1 amide bonds. The first kappa shape index (κ1) is 15.3. The molecule has 122 valence electrons. The minimum Gasteiger partial charge on any atom is -0.478 e. The minimum absolute atomic E-state index is 0.0208. The van der Waals surface area contributed by atoms with E-state index in [0.29, 0.717) is 24.7 Å². The highest BCUT2D eigenvalue weighted by molar-refractivity contribution is 5.77. The van der Waals surface area contributed by atoms with Crippen LogP contribution in [0.25, 0.3) is 0 Å². The second-order valence-electron chi connectivity index (χ2n) is 5.39. The summed E-state index contributed by atoms with van der Waals surface area (Å²) in [5.41, 5.74) is 0.953. The molecule has 8 nitrogen and oxygen atoms in total. The Kier molecular flexibility index (Phi) is 4.40. The van der Waals surface area contributed by atoms with Crippen LogP contribution < -0.4 is 15.4 Å². The highest BCUT2D eigenvalue weighted by Crippen LogP contribution is 2.26. The molecule has 0 saturated carbocycles. The Morgan fingerprint density at radius 2 is 2.35 bits per heavy atom. The van der Waals surface area contributed by atoms with Gasteiger partial charge < -0.3 is 15.4 Å². The summed E-state index contributed by atoms with van der Waals surface area (Å²) in [5, 5.41) is 10.6. The van der Waals surface area contributed by atoms with Crippen molar-refractivity contribution in [2.24, 2.45) is 7.05 Å². The van der Waals surface area contributed by atoms with Crippen molar-refractivity contribution in [1.82, 2.24) is 25.1 Å². The lowest BCUT2D eigenvalue weighted by Crippen LogP contribution is -2.46. The Balaban J connectivity index is 1.80. The molecule has 8 heteroatoms. The average molecular weight is 316 g/mol. The average Bonchev–Trinajstić information content (AvgIpc) is 2.96. The van der Waals surface area contributed by atoms with Gasteiger partial charge in [0.05, 0.1) is 24.4 Å². The predicted octanol–water partition coefficient (Wildman–Crippen LogP) is 1.04. The molecule has 2 aromatic heterocycles. The maximum absolute atomic E-state index is 11.8. The van der Waals surface area contributed by atoms with E-state index >= 15 is 0 Å². The molecular weight excluding hydrogens is 296 g/mol. The van der Waals surface area contributed by atoms with Gasteiger partial charge in [-0.2, -0.15) is 5.10 Å². The molecule has 2 atom stereocenters. The number of aromatic nitrogens is 4. The van der Waals surface area contributed by atoms with Crippen LogP contribution in [0.5, 0.6) is 5.88 Å². The molecule has 2 aromatic rings. The van der Waals surface area contributed by atoms with Gasteiger partial charge >= 0.3 is 0 Å². The van der Waals surface area contributed by atoms with Gasteiger partial charge in [0, 0.05) is 25.7 Å². The van der Waals surface area contributed by atoms with Crippen LogP contribution in [-0.2, 0) is 11.8 Å². The van der Waals surface area contributed by atoms with E-state index in [9.17, 15) is 4.79 Å². The third kappa shape index (κ3) is 3.41. The van der Waals surface area contributed by atoms with E-state index in [1.165, 1.54) is 6.33 Å². The molecule has 0 bridgehead atoms. The Morgan fingerprint density at radius 3 is 3.09 bits per heavy atom. The summed E-state index contributed by atoms with van der Waals surface area (Å²) in [5.74, 6) is 1.26. The third-order valence-electron chi connectivity index (χ3n) is 3.85. The van der Waals surface area contributed by atoms with Gasteiger partial charge in [-0.25, -0.2) is 9.97 Å². The van der Waals surface area contributed by atoms with Crippen LogP contribution in [0, 0.1) is 0 Å². The van der Waals surface area contributed by atoms with Gasteiger partial charge in [-0.05, 0) is 19.4 Å². The van der Waals surface area contributed by atoms with Crippen LogP contribution in [0.3, 0.4) is 0 Å². The SMILES string of the molecule is CCOc1cc(N[C@@H]2CCC(=O)N[C@H]2c2ccnn2C)ncn1. The zero-order valence-corrected chi connectivity index (χ0v) is 13.2. The van der Waals surface area contributed by atoms with Crippen molar-refractivity contribution < 1.29 is 9.53 Å². The van der Waals surface area contributed by atoms with Crippen molar-refractivity contribution in [2.75, 3.05) is 11.9 Å². The van der Waals surface area contributed by atoms with Crippen molar-refractivity contribution in [3.8, 4) is 5.88 Å². The van der Waals surface area contributed by atoms with Crippen molar-refractivity contribution in [3.05, 3.63) is 30.4 Å². The Bertz CT molecular complexity index is 686. The van der Waals surface area contributed by atoms with Gasteiger partial charge in [0.2, 0.25) is 11.8 Å². The number of hydrogen-bond acceptors (Lipinski definition) is 6. The number of rotatable bonds is 5. The van der Waals surface area contributed by atoms with Gasteiger partial charge in [-0.3, -0.25) is 9.48 Å². The number of aryl methyl sites for hydroxylation is 1. The number of anilines is 1. The molecule has 0 unspecified atom stereocenters. The number of carbonyl (C=O) groups excluding carboxylic acids is 1. The maximum atomic E-state index is 11.8. The van der Waals surface area contributed by atoms with Gasteiger partial charge in [0.25, 0.3) is 0 Å². The smallest absolute Gasteiger partial charge is 0.220 e. The summed E-state index contributed by atoms with van der Waals surface area (Å²) >= 11 is 0. The molecule has 23 heavy (non-hydrogen) atoms. The summed E-state index contributed by atoms with van der Waals surface area (Å²) in [7, 11) is 1.87. The molecule has 3 rings (SSSR count). The van der Waals surface area contributed by atoms with Crippen molar-refractivity contribution in [2.45, 2.75) is 31.8 Å². The summed E-state index contributed by atoms with van der Waals surface area (Å²) in [6.45, 7) is 2.46. The number of piperidine rings is 1. The Hall–Kier alpha value is -2.64. The molecule has 0 aliphatic carbocycles. The number of nitrogens with zero attached hydrogens (tertiary/aromatic N) is 4. The molecule has 1 fully saturated rings. The number of amides is 1. The zero-order valence-electron chi connectivity index (χ0n) is 13.2. The fourth-order valence-corrected chi connectivity index (χ4v) is 2.76. The molecule has 0 aromatic carbocycles. The van der Waals surface area contributed by atoms with Gasteiger partial charge in [-0.15, -0.1) is 0 Å². The van der Waals surface area contributed by atoms with Crippen molar-refractivity contribution in [3.63, 3.8) is 0 Å². The highest BCUT2D eigenvalue weighted by atomic mass is 16.5. The molecule has 0 spiro atoms. The van der Waals surface area contributed by atoms with Gasteiger partial charge in [-0.1, -0.05) is 0 Å². The lowest BCUT2D eigenvalue weighted by Gasteiger charge is -2.33. The Morgan fingerprint density at radius 1 is 1.48 bits per heavy atom. The zero-order chi connectivity index (χ0) is 16.2. The number of hydrogen-bond donors (Lipinski definition) is 2. The van der Waals surface area contributed by atoms with E-state index < -0.39 is 0 Å². The molecular formula is C15H20N6O2. The number of nitrogens with one attached hydrogen (secondary N) is 2. The molecule has 2 N–H and O–H groups in total. The molecule has 1 aliphatic rings. The minimum atomic E-state index is -0.158. The first-order chi connectivity index (χ1) is 11.2. The topological polar surface area (TPSA) is 94.0 Å². The molecule has 1 aliphatic heterocycles. The van der Waals surface area contributed by atoms with Crippen LogP contribution in [0.1, 0.15) is 31.5 Å². The van der Waals surface area contributed by atoms with E-state index in [-0.39, 0.29) is 18.0 Å². The fraction of sp³-hybridized carbons (Fsp3) is 0.467. The van der Waals surface area contributed by atoms with E-state index in [2.05, 4.69) is 25.7 Å². The van der Waals surface area contributed by atoms with E-state index in [4.69, 9.17) is 4.74 Å². The van der Waals surface area contributed by atoms with Crippen LogP contribution in [0.4, 0.5) is 5.82 Å². The largest absolute Gasteiger partial charge is 0.478 e. The van der Waals surface area contributed by atoms with Gasteiger partial charge in [0.1, 0.15) is 12.1 Å². The Labute approximate surface area is 134 Å². The second-order valence-corrected chi connectivity index (χ2v) is 5.39.